The van der Waals surface area contributed by atoms with Gasteiger partial charge in [-0.25, -0.2) is 4.98 Å². The Labute approximate surface area is 131 Å². The lowest BCUT2D eigenvalue weighted by Gasteiger charge is -2.11. The first kappa shape index (κ1) is 15.9. The smallest absolute Gasteiger partial charge is 0.439 e. The minimum absolute atomic E-state index is 0.192. The molecule has 1 aromatic carbocycles. The Morgan fingerprint density at radius 1 is 1.14 bits per heavy atom. The Morgan fingerprint density at radius 2 is 1.76 bits per heavy atom. The molecule has 0 saturated carbocycles. The molecule has 2 aromatic rings. The summed E-state index contributed by atoms with van der Waals surface area (Å²) in [5.74, 6) is 0.483. The van der Waals surface area contributed by atoms with Crippen molar-refractivity contribution in [3.63, 3.8) is 0 Å². The molecule has 0 aliphatic heterocycles. The second kappa shape index (κ2) is 6.53. The van der Waals surface area contributed by atoms with Crippen LogP contribution >= 0.6 is 27.5 Å². The predicted molar refractivity (Wildman–Crippen MR) is 74.7 cm³/mol. The number of pyridine rings is 1. The van der Waals surface area contributed by atoms with E-state index in [0.717, 1.165) is 16.6 Å². The maximum atomic E-state index is 12.0. The normalized spacial score (nSPS) is 11.3. The molecule has 8 heteroatoms. The second-order valence-electron chi connectivity index (χ2n) is 3.87. The van der Waals surface area contributed by atoms with Crippen LogP contribution in [0.3, 0.4) is 0 Å². The molecule has 0 atom stereocenters. The molecule has 0 N–H and O–H groups in total. The predicted octanol–water partition coefficient (Wildman–Crippen LogP) is 5.27. The highest BCUT2D eigenvalue weighted by Crippen LogP contribution is 2.29. The van der Waals surface area contributed by atoms with E-state index in [1.54, 1.807) is 6.07 Å². The van der Waals surface area contributed by atoms with Gasteiger partial charge in [0.25, 0.3) is 0 Å². The summed E-state index contributed by atoms with van der Waals surface area (Å²) in [5, 5.41) is 0. The van der Waals surface area contributed by atoms with E-state index >= 15 is 0 Å². The average molecular weight is 383 g/mol. The summed E-state index contributed by atoms with van der Waals surface area (Å²) in [4.78, 5) is 4.06. The van der Waals surface area contributed by atoms with E-state index in [-0.39, 0.29) is 17.5 Å². The number of benzene rings is 1. The molecule has 2 rings (SSSR count). The van der Waals surface area contributed by atoms with E-state index in [4.69, 9.17) is 16.3 Å². The van der Waals surface area contributed by atoms with E-state index in [0.29, 0.717) is 11.3 Å². The van der Waals surface area contributed by atoms with E-state index in [2.05, 4.69) is 25.7 Å². The van der Waals surface area contributed by atoms with Gasteiger partial charge in [-0.2, -0.15) is 0 Å². The number of alkyl halides is 4. The molecule has 0 bridgehead atoms. The highest BCUT2D eigenvalue weighted by molar-refractivity contribution is 9.10. The topological polar surface area (TPSA) is 31.4 Å². The van der Waals surface area contributed by atoms with Crippen molar-refractivity contribution >= 4 is 27.5 Å². The summed E-state index contributed by atoms with van der Waals surface area (Å²) in [6, 6.07) is 6.76. The first-order valence-corrected chi connectivity index (χ1v) is 6.94. The fourth-order valence-corrected chi connectivity index (χ4v) is 2.05. The van der Waals surface area contributed by atoms with Crippen LogP contribution in [0.15, 0.2) is 41.0 Å². The third kappa shape index (κ3) is 4.78. The van der Waals surface area contributed by atoms with Gasteiger partial charge in [0, 0.05) is 16.2 Å². The number of halogens is 5. The molecule has 1 aromatic heterocycles. The molecule has 0 saturated heterocycles. The van der Waals surface area contributed by atoms with Gasteiger partial charge in [-0.3, -0.25) is 0 Å². The van der Waals surface area contributed by atoms with Crippen molar-refractivity contribution in [3.8, 4) is 17.4 Å². The monoisotopic (exact) mass is 381 g/mol. The highest BCUT2D eigenvalue weighted by Gasteiger charge is 2.30. The van der Waals surface area contributed by atoms with Crippen molar-refractivity contribution in [2.45, 2.75) is 12.2 Å². The third-order valence-corrected chi connectivity index (χ3v) is 3.03. The van der Waals surface area contributed by atoms with Crippen LogP contribution in [0.25, 0.3) is 0 Å². The van der Waals surface area contributed by atoms with Crippen molar-refractivity contribution < 1.29 is 22.6 Å². The molecule has 0 aliphatic carbocycles. The molecule has 3 nitrogen and oxygen atoms in total. The molecule has 0 unspecified atom stereocenters. The van der Waals surface area contributed by atoms with Gasteiger partial charge >= 0.3 is 6.36 Å². The first-order chi connectivity index (χ1) is 9.87. The van der Waals surface area contributed by atoms with Crippen LogP contribution in [0.1, 0.15) is 5.56 Å². The minimum atomic E-state index is -4.72. The van der Waals surface area contributed by atoms with Gasteiger partial charge in [0.15, 0.2) is 0 Å². The number of hydrogen-bond acceptors (Lipinski definition) is 3. The van der Waals surface area contributed by atoms with Crippen LogP contribution in [0.2, 0.25) is 0 Å². The number of hydrogen-bond donors (Lipinski definition) is 0. The Morgan fingerprint density at radius 3 is 2.33 bits per heavy atom. The van der Waals surface area contributed by atoms with Gasteiger partial charge < -0.3 is 9.47 Å². The van der Waals surface area contributed by atoms with Crippen LogP contribution in [-0.4, -0.2) is 11.3 Å². The number of aromatic nitrogens is 1. The zero-order valence-corrected chi connectivity index (χ0v) is 12.7. The summed E-state index contributed by atoms with van der Waals surface area (Å²) in [7, 11) is 0. The maximum absolute atomic E-state index is 12.0. The van der Waals surface area contributed by atoms with Gasteiger partial charge in [-0.05, 0) is 46.3 Å². The molecule has 0 amide bonds. The molecule has 1 heterocycles. The second-order valence-corrected chi connectivity index (χ2v) is 5.06. The van der Waals surface area contributed by atoms with Gasteiger partial charge in [-0.15, -0.1) is 24.8 Å². The molecule has 0 aliphatic rings. The number of rotatable bonds is 4. The molecule has 0 radical (unpaired) electrons. The Hall–Kier alpha value is -1.47. The average Bonchev–Trinajstić information content (AvgIpc) is 2.41. The number of ether oxygens (including phenoxy) is 2. The summed E-state index contributed by atoms with van der Waals surface area (Å²) < 4.78 is 46.1. The fraction of sp³-hybridized carbons (Fsp3) is 0.154. The van der Waals surface area contributed by atoms with Crippen molar-refractivity contribution in [2.75, 3.05) is 0 Å². The van der Waals surface area contributed by atoms with Crippen LogP contribution in [0.4, 0.5) is 13.2 Å². The van der Waals surface area contributed by atoms with Gasteiger partial charge in [-0.1, -0.05) is 0 Å². The van der Waals surface area contributed by atoms with E-state index in [9.17, 15) is 13.2 Å². The zero-order valence-electron chi connectivity index (χ0n) is 10.3. The third-order valence-electron chi connectivity index (χ3n) is 2.31. The molecule has 0 fully saturated rings. The largest absolute Gasteiger partial charge is 0.573 e. The number of nitrogens with zero attached hydrogens (tertiary/aromatic N) is 1. The summed E-state index contributed by atoms with van der Waals surface area (Å²) in [6.45, 7) is 0. The summed E-state index contributed by atoms with van der Waals surface area (Å²) in [6.07, 6.45) is -3.19. The van der Waals surface area contributed by atoms with Crippen molar-refractivity contribution in [1.82, 2.24) is 4.98 Å². The highest BCUT2D eigenvalue weighted by atomic mass is 79.9. The SMILES string of the molecule is FC(F)(F)Oc1ccc(Oc2ncc(Br)cc2CCl)cc1. The van der Waals surface area contributed by atoms with Crippen LogP contribution in [-0.2, 0) is 5.88 Å². The Kier molecular flexibility index (Phi) is 4.95. The minimum Gasteiger partial charge on any atom is -0.439 e. The van der Waals surface area contributed by atoms with E-state index in [1.165, 1.54) is 18.3 Å². The Balaban J connectivity index is 2.14. The van der Waals surface area contributed by atoms with E-state index in [1.807, 2.05) is 0 Å². The standard InChI is InChI=1S/C13H8BrClF3NO2/c14-9-5-8(6-15)12(19-7-9)20-10-1-3-11(4-2-10)21-13(16,17)18/h1-5,7H,6H2. The molecular weight excluding hydrogens is 374 g/mol. The quantitative estimate of drug-likeness (QED) is 0.675. The Bertz CT molecular complexity index is 620. The van der Waals surface area contributed by atoms with Crippen molar-refractivity contribution in [2.24, 2.45) is 0 Å². The summed E-state index contributed by atoms with van der Waals surface area (Å²) >= 11 is 9.04. The molecule has 112 valence electrons. The molecule has 21 heavy (non-hydrogen) atoms. The lowest BCUT2D eigenvalue weighted by molar-refractivity contribution is -0.274. The van der Waals surface area contributed by atoms with Gasteiger partial charge in [0.1, 0.15) is 11.5 Å². The molecule has 0 spiro atoms. The lowest BCUT2D eigenvalue weighted by atomic mass is 10.3. The van der Waals surface area contributed by atoms with Crippen molar-refractivity contribution in [1.29, 1.82) is 0 Å². The van der Waals surface area contributed by atoms with Gasteiger partial charge in [0.2, 0.25) is 5.88 Å². The van der Waals surface area contributed by atoms with Crippen molar-refractivity contribution in [3.05, 3.63) is 46.6 Å². The van der Waals surface area contributed by atoms with Crippen LogP contribution in [0, 0.1) is 0 Å². The van der Waals surface area contributed by atoms with Gasteiger partial charge in [0.05, 0.1) is 5.88 Å². The fourth-order valence-electron chi connectivity index (χ4n) is 1.48. The maximum Gasteiger partial charge on any atom is 0.573 e. The summed E-state index contributed by atoms with van der Waals surface area (Å²) in [5.41, 5.74) is 0.654. The van der Waals surface area contributed by atoms with E-state index < -0.39 is 6.36 Å². The first-order valence-electron chi connectivity index (χ1n) is 5.61. The zero-order chi connectivity index (χ0) is 15.5. The van der Waals surface area contributed by atoms with Crippen LogP contribution in [0.5, 0.6) is 17.4 Å². The van der Waals surface area contributed by atoms with Crippen LogP contribution < -0.4 is 9.47 Å². The lowest BCUT2D eigenvalue weighted by Crippen LogP contribution is -2.16. The molecular formula is C13H8BrClF3NO2.